The van der Waals surface area contributed by atoms with E-state index < -0.39 is 17.8 Å². The molecule has 1 aromatic carbocycles. The highest BCUT2D eigenvalue weighted by molar-refractivity contribution is 9.10. The maximum absolute atomic E-state index is 12.4. The molecule has 2 rings (SSSR count). The van der Waals surface area contributed by atoms with E-state index in [1.807, 2.05) is 0 Å². The average molecular weight is 380 g/mol. The van der Waals surface area contributed by atoms with Gasteiger partial charge in [-0.1, -0.05) is 27.5 Å². The van der Waals surface area contributed by atoms with E-state index in [9.17, 15) is 18.0 Å². The fraction of sp³-hybridized carbons (Fsp3) is 0.0769. The van der Waals surface area contributed by atoms with Crippen LogP contribution in [0.15, 0.2) is 41.0 Å². The summed E-state index contributed by atoms with van der Waals surface area (Å²) in [6, 6.07) is 6.62. The molecule has 0 atom stereocenters. The Morgan fingerprint density at radius 2 is 1.95 bits per heavy atom. The molecule has 0 radical (unpaired) electrons. The standard InChI is InChI=1S/C13H7BrClF3N2O/c14-7-1-3-10(15)9(5-7)12(21)20-8-2-4-11(19-6-8)13(16,17)18/h1-6H,(H,20,21). The summed E-state index contributed by atoms with van der Waals surface area (Å²) in [6.45, 7) is 0. The van der Waals surface area contributed by atoms with Gasteiger partial charge in [-0.25, -0.2) is 4.98 Å². The molecule has 0 unspecified atom stereocenters. The molecule has 0 fully saturated rings. The van der Waals surface area contributed by atoms with E-state index in [-0.39, 0.29) is 16.3 Å². The van der Waals surface area contributed by atoms with Crippen LogP contribution in [0.1, 0.15) is 16.1 Å². The number of alkyl halides is 3. The SMILES string of the molecule is O=C(Nc1ccc(C(F)(F)F)nc1)c1cc(Br)ccc1Cl. The van der Waals surface area contributed by atoms with Crippen LogP contribution < -0.4 is 5.32 Å². The molecule has 0 aliphatic heterocycles. The van der Waals surface area contributed by atoms with Gasteiger partial charge < -0.3 is 5.32 Å². The lowest BCUT2D eigenvalue weighted by Gasteiger charge is -2.09. The van der Waals surface area contributed by atoms with Crippen molar-refractivity contribution >= 4 is 39.1 Å². The van der Waals surface area contributed by atoms with E-state index in [0.717, 1.165) is 18.3 Å². The molecule has 0 aliphatic rings. The van der Waals surface area contributed by atoms with Gasteiger partial charge >= 0.3 is 6.18 Å². The van der Waals surface area contributed by atoms with Gasteiger partial charge in [0.15, 0.2) is 0 Å². The molecular weight excluding hydrogens is 373 g/mol. The highest BCUT2D eigenvalue weighted by atomic mass is 79.9. The number of hydrogen-bond acceptors (Lipinski definition) is 2. The summed E-state index contributed by atoms with van der Waals surface area (Å²) in [4.78, 5) is 15.3. The number of benzene rings is 1. The number of carbonyl (C=O) groups excluding carboxylic acids is 1. The third-order valence-electron chi connectivity index (χ3n) is 2.48. The van der Waals surface area contributed by atoms with Gasteiger partial charge in [0.2, 0.25) is 0 Å². The molecule has 0 aliphatic carbocycles. The number of rotatable bonds is 2. The predicted octanol–water partition coefficient (Wildman–Crippen LogP) is 4.77. The molecular formula is C13H7BrClF3N2O. The summed E-state index contributed by atoms with van der Waals surface area (Å²) in [5.41, 5.74) is -0.684. The first-order valence-corrected chi connectivity index (χ1v) is 6.74. The Balaban J connectivity index is 2.18. The molecule has 2 aromatic rings. The highest BCUT2D eigenvalue weighted by Crippen LogP contribution is 2.28. The number of halogens is 5. The van der Waals surface area contributed by atoms with Crippen LogP contribution in [0.4, 0.5) is 18.9 Å². The van der Waals surface area contributed by atoms with Gasteiger partial charge in [-0.2, -0.15) is 13.2 Å². The van der Waals surface area contributed by atoms with Gasteiger partial charge in [-0.3, -0.25) is 4.79 Å². The molecule has 0 spiro atoms. The van der Waals surface area contributed by atoms with Crippen LogP contribution in [-0.4, -0.2) is 10.9 Å². The van der Waals surface area contributed by atoms with Crippen LogP contribution in [-0.2, 0) is 6.18 Å². The van der Waals surface area contributed by atoms with E-state index >= 15 is 0 Å². The van der Waals surface area contributed by atoms with Gasteiger partial charge in [-0.15, -0.1) is 0 Å². The van der Waals surface area contributed by atoms with E-state index in [2.05, 4.69) is 26.2 Å². The van der Waals surface area contributed by atoms with Crippen LogP contribution in [0.3, 0.4) is 0 Å². The maximum Gasteiger partial charge on any atom is 0.433 e. The van der Waals surface area contributed by atoms with Crippen LogP contribution in [0.5, 0.6) is 0 Å². The minimum absolute atomic E-state index is 0.143. The summed E-state index contributed by atoms with van der Waals surface area (Å²) in [6.07, 6.45) is -3.58. The van der Waals surface area contributed by atoms with E-state index in [1.165, 1.54) is 12.1 Å². The van der Waals surface area contributed by atoms with Gasteiger partial charge in [-0.05, 0) is 30.3 Å². The van der Waals surface area contributed by atoms with E-state index in [4.69, 9.17) is 11.6 Å². The van der Waals surface area contributed by atoms with Crippen LogP contribution in [0.25, 0.3) is 0 Å². The first kappa shape index (κ1) is 15.8. The van der Waals surface area contributed by atoms with Crippen molar-refractivity contribution in [3.8, 4) is 0 Å². The minimum Gasteiger partial charge on any atom is -0.321 e. The van der Waals surface area contributed by atoms with E-state index in [0.29, 0.717) is 4.47 Å². The van der Waals surface area contributed by atoms with Crippen molar-refractivity contribution in [3.05, 3.63) is 57.3 Å². The minimum atomic E-state index is -4.52. The number of hydrogen-bond donors (Lipinski definition) is 1. The molecule has 1 heterocycles. The predicted molar refractivity (Wildman–Crippen MR) is 76.3 cm³/mol. The van der Waals surface area contributed by atoms with Crippen molar-refractivity contribution in [2.45, 2.75) is 6.18 Å². The normalized spacial score (nSPS) is 11.3. The van der Waals surface area contributed by atoms with Crippen LogP contribution in [0, 0.1) is 0 Å². The number of amides is 1. The fourth-order valence-corrected chi connectivity index (χ4v) is 2.07. The Morgan fingerprint density at radius 3 is 2.52 bits per heavy atom. The molecule has 110 valence electrons. The third kappa shape index (κ3) is 3.95. The highest BCUT2D eigenvalue weighted by Gasteiger charge is 2.32. The number of carbonyl (C=O) groups is 1. The second-order valence-corrected chi connectivity index (χ2v) is 5.33. The third-order valence-corrected chi connectivity index (χ3v) is 3.31. The zero-order valence-corrected chi connectivity index (χ0v) is 12.6. The molecule has 1 amide bonds. The molecule has 8 heteroatoms. The number of nitrogens with zero attached hydrogens (tertiary/aromatic N) is 1. The lowest BCUT2D eigenvalue weighted by Crippen LogP contribution is -2.14. The molecule has 3 nitrogen and oxygen atoms in total. The van der Waals surface area contributed by atoms with Crippen molar-refractivity contribution in [3.63, 3.8) is 0 Å². The van der Waals surface area contributed by atoms with Crippen molar-refractivity contribution in [1.82, 2.24) is 4.98 Å². The molecule has 1 aromatic heterocycles. The van der Waals surface area contributed by atoms with Crippen LogP contribution in [0.2, 0.25) is 5.02 Å². The topological polar surface area (TPSA) is 42.0 Å². The van der Waals surface area contributed by atoms with Gasteiger partial charge in [0.05, 0.1) is 22.5 Å². The zero-order chi connectivity index (χ0) is 15.6. The maximum atomic E-state index is 12.4. The van der Waals surface area contributed by atoms with Crippen molar-refractivity contribution in [2.75, 3.05) is 5.32 Å². The summed E-state index contributed by atoms with van der Waals surface area (Å²) >= 11 is 9.10. The zero-order valence-electron chi connectivity index (χ0n) is 10.2. The first-order valence-electron chi connectivity index (χ1n) is 5.57. The lowest BCUT2D eigenvalue weighted by atomic mass is 10.2. The second-order valence-electron chi connectivity index (χ2n) is 4.01. The summed E-state index contributed by atoms with van der Waals surface area (Å²) < 4.78 is 37.8. The first-order chi connectivity index (χ1) is 9.77. The molecule has 0 saturated heterocycles. The second kappa shape index (κ2) is 6.03. The fourth-order valence-electron chi connectivity index (χ4n) is 1.51. The molecule has 1 N–H and O–H groups in total. The van der Waals surface area contributed by atoms with Crippen LogP contribution >= 0.6 is 27.5 Å². The van der Waals surface area contributed by atoms with Crippen molar-refractivity contribution in [1.29, 1.82) is 0 Å². The Bertz CT molecular complexity index is 674. The summed E-state index contributed by atoms with van der Waals surface area (Å²) in [5, 5.41) is 2.66. The molecule has 21 heavy (non-hydrogen) atoms. The number of pyridine rings is 1. The Morgan fingerprint density at radius 1 is 1.24 bits per heavy atom. The monoisotopic (exact) mass is 378 g/mol. The Hall–Kier alpha value is -1.60. The Labute approximate surface area is 131 Å². The Kier molecular flexibility index (Phi) is 4.53. The number of aromatic nitrogens is 1. The lowest BCUT2D eigenvalue weighted by molar-refractivity contribution is -0.141. The van der Waals surface area contributed by atoms with Gasteiger partial charge in [0.1, 0.15) is 5.69 Å². The average Bonchev–Trinajstić information content (AvgIpc) is 2.41. The van der Waals surface area contributed by atoms with Crippen molar-refractivity contribution < 1.29 is 18.0 Å². The summed E-state index contributed by atoms with van der Waals surface area (Å²) in [7, 11) is 0. The molecule has 0 bridgehead atoms. The quantitative estimate of drug-likeness (QED) is 0.817. The van der Waals surface area contributed by atoms with Gasteiger partial charge in [0.25, 0.3) is 5.91 Å². The van der Waals surface area contributed by atoms with E-state index in [1.54, 1.807) is 6.07 Å². The number of anilines is 1. The largest absolute Gasteiger partial charge is 0.433 e. The molecule has 0 saturated carbocycles. The summed E-state index contributed by atoms with van der Waals surface area (Å²) in [5.74, 6) is -0.539. The van der Waals surface area contributed by atoms with Crippen molar-refractivity contribution in [2.24, 2.45) is 0 Å². The number of nitrogens with one attached hydrogen (secondary N) is 1. The smallest absolute Gasteiger partial charge is 0.321 e. The van der Waals surface area contributed by atoms with Gasteiger partial charge in [0, 0.05) is 4.47 Å².